The Morgan fingerprint density at radius 3 is 3.03 bits per heavy atom. The van der Waals surface area contributed by atoms with E-state index in [9.17, 15) is 4.79 Å². The summed E-state index contributed by atoms with van der Waals surface area (Å²) in [4.78, 5) is 16.3. The van der Waals surface area contributed by atoms with Crippen molar-refractivity contribution in [3.8, 4) is 11.4 Å². The van der Waals surface area contributed by atoms with Crippen LogP contribution >= 0.6 is 0 Å². The van der Waals surface area contributed by atoms with Crippen molar-refractivity contribution >= 4 is 17.7 Å². The summed E-state index contributed by atoms with van der Waals surface area (Å²) in [7, 11) is 0. The lowest BCUT2D eigenvalue weighted by atomic mass is 9.94. The second kappa shape index (κ2) is 6.63. The third kappa shape index (κ3) is 2.88. The molecule has 7 nitrogen and oxygen atoms in total. The standard InChI is InChI=1S/C24H22N6O/c1-14-4-2-5-18(27-14)24-23(21-6-3-11-29(21)28-24)16-7-8-20-17-12-15(17)13-26-30(20)19(16)9-10-22(25)31/h2,4-5,7-10,13,15H,3,6,11-12H2,1H3,(H2,25,31)/b10-9+. The normalized spacial score (nSPS) is 21.1. The van der Waals surface area contributed by atoms with Gasteiger partial charge in [0.25, 0.3) is 0 Å². The van der Waals surface area contributed by atoms with Gasteiger partial charge in [-0.25, -0.2) is 5.01 Å². The summed E-state index contributed by atoms with van der Waals surface area (Å²) in [6.07, 6.45) is 12.5. The maximum atomic E-state index is 11.6. The Hall–Kier alpha value is -3.74. The molecule has 2 aromatic rings. The molecule has 1 amide bonds. The molecule has 5 heterocycles. The van der Waals surface area contributed by atoms with Crippen LogP contribution < -0.4 is 5.73 Å². The average molecular weight is 410 g/mol. The summed E-state index contributed by atoms with van der Waals surface area (Å²) in [5.74, 6) is -0.0343. The predicted molar refractivity (Wildman–Crippen MR) is 118 cm³/mol. The SMILES string of the molecule is Cc1cccc(-c2nn3c(c2C2=C(/C=C/C(N)=O)N4N=CC5CC5=C4C=C2)CCC3)n1. The lowest BCUT2D eigenvalue weighted by Gasteiger charge is -2.29. The quantitative estimate of drug-likeness (QED) is 0.785. The van der Waals surface area contributed by atoms with Gasteiger partial charge in [0, 0.05) is 47.3 Å². The van der Waals surface area contributed by atoms with Crippen LogP contribution in [-0.2, 0) is 17.8 Å². The molecule has 2 N–H and O–H groups in total. The Kier molecular flexibility index (Phi) is 3.86. The monoisotopic (exact) mass is 410 g/mol. The van der Waals surface area contributed by atoms with Crippen LogP contribution in [0.25, 0.3) is 17.0 Å². The van der Waals surface area contributed by atoms with Gasteiger partial charge in [0.15, 0.2) is 0 Å². The first-order valence-electron chi connectivity index (χ1n) is 10.6. The van der Waals surface area contributed by atoms with E-state index >= 15 is 0 Å². The maximum Gasteiger partial charge on any atom is 0.241 e. The van der Waals surface area contributed by atoms with E-state index in [1.165, 1.54) is 17.3 Å². The molecule has 0 saturated heterocycles. The molecule has 1 saturated carbocycles. The van der Waals surface area contributed by atoms with E-state index < -0.39 is 5.91 Å². The van der Waals surface area contributed by atoms with E-state index in [-0.39, 0.29) is 0 Å². The zero-order valence-corrected chi connectivity index (χ0v) is 17.2. The number of amides is 1. The van der Waals surface area contributed by atoms with Gasteiger partial charge >= 0.3 is 0 Å². The van der Waals surface area contributed by atoms with Gasteiger partial charge in [-0.2, -0.15) is 10.2 Å². The van der Waals surface area contributed by atoms with Gasteiger partial charge in [-0.3, -0.25) is 14.5 Å². The lowest BCUT2D eigenvalue weighted by molar-refractivity contribution is -0.113. The Labute approximate surface area is 179 Å². The summed E-state index contributed by atoms with van der Waals surface area (Å²) in [6.45, 7) is 2.89. The van der Waals surface area contributed by atoms with Crippen molar-refractivity contribution in [3.05, 3.63) is 76.4 Å². The van der Waals surface area contributed by atoms with E-state index in [1.54, 1.807) is 6.08 Å². The topological polar surface area (TPSA) is 89.4 Å². The molecule has 1 aliphatic carbocycles. The molecule has 0 bridgehead atoms. The number of fused-ring (bicyclic) bond motifs is 3. The van der Waals surface area contributed by atoms with Crippen molar-refractivity contribution in [2.45, 2.75) is 32.7 Å². The molecule has 0 spiro atoms. The number of hydrazone groups is 1. The van der Waals surface area contributed by atoms with Crippen LogP contribution in [-0.4, -0.2) is 31.9 Å². The Balaban J connectivity index is 1.59. The van der Waals surface area contributed by atoms with Gasteiger partial charge in [0.1, 0.15) is 5.69 Å². The Morgan fingerprint density at radius 1 is 1.29 bits per heavy atom. The summed E-state index contributed by atoms with van der Waals surface area (Å²) in [6, 6.07) is 6.00. The number of carbonyl (C=O) groups is 1. The number of pyridine rings is 1. The van der Waals surface area contributed by atoms with Crippen LogP contribution in [0.15, 0.2) is 64.6 Å². The van der Waals surface area contributed by atoms with Crippen molar-refractivity contribution in [2.75, 3.05) is 0 Å². The number of aryl methyl sites for hydroxylation is 2. The van der Waals surface area contributed by atoms with Gasteiger partial charge in [-0.05, 0) is 62.1 Å². The van der Waals surface area contributed by atoms with Crippen molar-refractivity contribution in [2.24, 2.45) is 16.8 Å². The van der Waals surface area contributed by atoms with Gasteiger partial charge in [0.2, 0.25) is 5.91 Å². The second-order valence-electron chi connectivity index (χ2n) is 8.33. The van der Waals surface area contributed by atoms with E-state index in [0.29, 0.717) is 5.92 Å². The highest BCUT2D eigenvalue weighted by atomic mass is 16.1. The van der Waals surface area contributed by atoms with Gasteiger partial charge < -0.3 is 5.73 Å². The summed E-state index contributed by atoms with van der Waals surface area (Å²) in [5.41, 5.74) is 14.7. The Morgan fingerprint density at radius 2 is 2.19 bits per heavy atom. The van der Waals surface area contributed by atoms with Gasteiger partial charge in [-0.1, -0.05) is 6.07 Å². The molecule has 4 aliphatic rings. The molecule has 6 rings (SSSR count). The van der Waals surface area contributed by atoms with Gasteiger partial charge in [0.05, 0.1) is 17.1 Å². The molecular weight excluding hydrogens is 388 g/mol. The largest absolute Gasteiger partial charge is 0.366 e. The zero-order chi connectivity index (χ0) is 21.1. The third-order valence-corrected chi connectivity index (χ3v) is 6.21. The van der Waals surface area contributed by atoms with E-state index in [2.05, 4.69) is 16.8 Å². The van der Waals surface area contributed by atoms with E-state index in [1.807, 2.05) is 36.3 Å². The fourth-order valence-corrected chi connectivity index (χ4v) is 4.69. The molecule has 1 unspecified atom stereocenters. The first kappa shape index (κ1) is 18.1. The molecule has 31 heavy (non-hydrogen) atoms. The first-order valence-corrected chi connectivity index (χ1v) is 10.6. The lowest BCUT2D eigenvalue weighted by Crippen LogP contribution is -2.22. The van der Waals surface area contributed by atoms with Crippen molar-refractivity contribution in [1.29, 1.82) is 0 Å². The molecular formula is C24H22N6O. The fourth-order valence-electron chi connectivity index (χ4n) is 4.69. The highest BCUT2D eigenvalue weighted by molar-refractivity contribution is 5.92. The second-order valence-corrected chi connectivity index (χ2v) is 8.33. The highest BCUT2D eigenvalue weighted by Gasteiger charge is 2.39. The average Bonchev–Trinajstić information content (AvgIpc) is 3.27. The van der Waals surface area contributed by atoms with Crippen LogP contribution in [0.2, 0.25) is 0 Å². The predicted octanol–water partition coefficient (Wildman–Crippen LogP) is 3.10. The van der Waals surface area contributed by atoms with E-state index in [4.69, 9.17) is 20.9 Å². The Bertz CT molecular complexity index is 1290. The molecule has 2 aromatic heterocycles. The van der Waals surface area contributed by atoms with Crippen molar-refractivity contribution in [3.63, 3.8) is 0 Å². The minimum atomic E-state index is -0.485. The van der Waals surface area contributed by atoms with Crippen LogP contribution in [0.3, 0.4) is 0 Å². The maximum absolute atomic E-state index is 11.6. The molecule has 0 radical (unpaired) electrons. The van der Waals surface area contributed by atoms with Crippen LogP contribution in [0.4, 0.5) is 0 Å². The number of allylic oxidation sites excluding steroid dienone is 5. The number of hydrogen-bond acceptors (Lipinski definition) is 5. The zero-order valence-electron chi connectivity index (χ0n) is 17.2. The number of carbonyl (C=O) groups excluding carboxylic acids is 1. The van der Waals surface area contributed by atoms with Crippen molar-refractivity contribution < 1.29 is 4.79 Å². The minimum Gasteiger partial charge on any atom is -0.366 e. The minimum absolute atomic E-state index is 0.450. The summed E-state index contributed by atoms with van der Waals surface area (Å²) < 4.78 is 2.09. The smallest absolute Gasteiger partial charge is 0.241 e. The summed E-state index contributed by atoms with van der Waals surface area (Å²) >= 11 is 0. The van der Waals surface area contributed by atoms with Crippen LogP contribution in [0, 0.1) is 12.8 Å². The molecule has 1 fully saturated rings. The number of nitrogens with zero attached hydrogens (tertiary/aromatic N) is 5. The van der Waals surface area contributed by atoms with E-state index in [0.717, 1.165) is 65.4 Å². The molecule has 0 aromatic carbocycles. The van der Waals surface area contributed by atoms with Crippen LogP contribution in [0.1, 0.15) is 29.8 Å². The molecule has 1 atom stereocenters. The number of primary amides is 1. The third-order valence-electron chi connectivity index (χ3n) is 6.21. The number of rotatable bonds is 4. The number of hydrogen-bond donors (Lipinski definition) is 1. The number of aromatic nitrogens is 3. The molecule has 3 aliphatic heterocycles. The molecule has 154 valence electrons. The number of nitrogens with two attached hydrogens (primary N) is 1. The fraction of sp³-hybridized carbons (Fsp3) is 0.250. The van der Waals surface area contributed by atoms with Crippen LogP contribution in [0.5, 0.6) is 0 Å². The summed E-state index contributed by atoms with van der Waals surface area (Å²) in [5, 5.41) is 11.6. The van der Waals surface area contributed by atoms with Crippen molar-refractivity contribution in [1.82, 2.24) is 19.8 Å². The molecule has 7 heteroatoms. The highest BCUT2D eigenvalue weighted by Crippen LogP contribution is 2.48. The first-order chi connectivity index (χ1) is 15.1. The van der Waals surface area contributed by atoms with Gasteiger partial charge in [-0.15, -0.1) is 0 Å².